The van der Waals surface area contributed by atoms with Crippen molar-refractivity contribution < 1.29 is 4.79 Å². The zero-order chi connectivity index (χ0) is 14.7. The van der Waals surface area contributed by atoms with Crippen molar-refractivity contribution in [2.24, 2.45) is 5.92 Å². The fourth-order valence-electron chi connectivity index (χ4n) is 2.58. The lowest BCUT2D eigenvalue weighted by Gasteiger charge is -2.15. The monoisotopic (exact) mass is 296 g/mol. The van der Waals surface area contributed by atoms with E-state index in [0.29, 0.717) is 16.6 Å². The molecule has 1 atom stereocenters. The van der Waals surface area contributed by atoms with Crippen LogP contribution in [0.5, 0.6) is 0 Å². The number of carbonyl (C=O) groups is 1. The van der Waals surface area contributed by atoms with Crippen molar-refractivity contribution in [2.75, 3.05) is 37.3 Å². The predicted octanol–water partition coefficient (Wildman–Crippen LogP) is 2.44. The van der Waals surface area contributed by atoms with Crippen LogP contribution in [0.1, 0.15) is 42.8 Å². The van der Waals surface area contributed by atoms with Gasteiger partial charge in [-0.25, -0.2) is 4.98 Å². The zero-order valence-corrected chi connectivity index (χ0v) is 13.4. The first-order chi connectivity index (χ1) is 9.56. The molecule has 2 heterocycles. The van der Waals surface area contributed by atoms with Crippen LogP contribution < -0.4 is 10.6 Å². The SMILES string of the molecule is CCCC1CCN(C(=O)c2sc(N(C)CC)nc2N)C1. The second kappa shape index (κ2) is 6.43. The molecular weight excluding hydrogens is 272 g/mol. The predicted molar refractivity (Wildman–Crippen MR) is 84.4 cm³/mol. The standard InChI is InChI=1S/C14H24N4OS/c1-4-6-10-7-8-18(9-10)13(19)11-12(15)16-14(20-11)17(3)5-2/h10H,4-9,15H2,1-3H3. The summed E-state index contributed by atoms with van der Waals surface area (Å²) in [7, 11) is 1.96. The lowest BCUT2D eigenvalue weighted by atomic mass is 10.0. The van der Waals surface area contributed by atoms with Crippen molar-refractivity contribution in [3.8, 4) is 0 Å². The highest BCUT2D eigenvalue weighted by Crippen LogP contribution is 2.30. The molecule has 1 fully saturated rings. The second-order valence-corrected chi connectivity index (χ2v) is 6.40. The Kier molecular flexibility index (Phi) is 4.86. The van der Waals surface area contributed by atoms with Crippen molar-refractivity contribution in [1.82, 2.24) is 9.88 Å². The number of anilines is 2. The molecule has 0 aromatic carbocycles. The molecule has 1 aromatic heterocycles. The molecule has 2 N–H and O–H groups in total. The lowest BCUT2D eigenvalue weighted by molar-refractivity contribution is 0.0792. The Morgan fingerprint density at radius 2 is 2.30 bits per heavy atom. The molecule has 1 amide bonds. The van der Waals surface area contributed by atoms with E-state index >= 15 is 0 Å². The molecule has 6 heteroatoms. The van der Waals surface area contributed by atoms with E-state index in [9.17, 15) is 4.79 Å². The first kappa shape index (κ1) is 15.1. The molecule has 0 spiro atoms. The Morgan fingerprint density at radius 3 is 2.95 bits per heavy atom. The summed E-state index contributed by atoms with van der Waals surface area (Å²) < 4.78 is 0. The summed E-state index contributed by atoms with van der Waals surface area (Å²) in [5, 5.41) is 0.817. The number of rotatable bonds is 5. The van der Waals surface area contributed by atoms with Gasteiger partial charge in [-0.05, 0) is 25.7 Å². The van der Waals surface area contributed by atoms with Gasteiger partial charge in [-0.15, -0.1) is 0 Å². The molecule has 112 valence electrons. The van der Waals surface area contributed by atoms with E-state index in [1.165, 1.54) is 24.2 Å². The van der Waals surface area contributed by atoms with Crippen molar-refractivity contribution in [3.63, 3.8) is 0 Å². The van der Waals surface area contributed by atoms with Crippen LogP contribution in [0.25, 0.3) is 0 Å². The summed E-state index contributed by atoms with van der Waals surface area (Å²) >= 11 is 1.40. The van der Waals surface area contributed by atoms with Gasteiger partial charge in [0, 0.05) is 26.7 Å². The molecule has 20 heavy (non-hydrogen) atoms. The van der Waals surface area contributed by atoms with E-state index in [0.717, 1.165) is 31.2 Å². The van der Waals surface area contributed by atoms with Gasteiger partial charge >= 0.3 is 0 Å². The number of hydrogen-bond donors (Lipinski definition) is 1. The Morgan fingerprint density at radius 1 is 1.55 bits per heavy atom. The quantitative estimate of drug-likeness (QED) is 0.906. The second-order valence-electron chi connectivity index (χ2n) is 5.42. The first-order valence-electron chi connectivity index (χ1n) is 7.33. The topological polar surface area (TPSA) is 62.5 Å². The summed E-state index contributed by atoms with van der Waals surface area (Å²) in [6.45, 7) is 6.80. The molecule has 0 radical (unpaired) electrons. The molecule has 0 saturated carbocycles. The van der Waals surface area contributed by atoms with E-state index in [4.69, 9.17) is 5.73 Å². The number of aromatic nitrogens is 1. The molecule has 1 saturated heterocycles. The van der Waals surface area contributed by atoms with Gasteiger partial charge in [-0.2, -0.15) is 0 Å². The minimum Gasteiger partial charge on any atom is -0.382 e. The minimum absolute atomic E-state index is 0.0503. The molecular formula is C14H24N4OS. The van der Waals surface area contributed by atoms with Crippen molar-refractivity contribution in [2.45, 2.75) is 33.1 Å². The van der Waals surface area contributed by atoms with E-state index in [-0.39, 0.29) is 5.91 Å². The lowest BCUT2D eigenvalue weighted by Crippen LogP contribution is -2.28. The normalized spacial score (nSPS) is 18.6. The van der Waals surface area contributed by atoms with Gasteiger partial charge < -0.3 is 15.5 Å². The highest BCUT2D eigenvalue weighted by molar-refractivity contribution is 7.18. The third kappa shape index (κ3) is 3.06. The number of hydrogen-bond acceptors (Lipinski definition) is 5. The number of likely N-dealkylation sites (tertiary alicyclic amines) is 1. The maximum absolute atomic E-state index is 12.5. The van der Waals surface area contributed by atoms with Gasteiger partial charge in [0.05, 0.1) is 0 Å². The molecule has 1 aliphatic rings. The van der Waals surface area contributed by atoms with Crippen LogP contribution in [-0.2, 0) is 0 Å². The van der Waals surface area contributed by atoms with Crippen LogP contribution in [0.2, 0.25) is 0 Å². The van der Waals surface area contributed by atoms with Crippen LogP contribution in [0, 0.1) is 5.92 Å². The number of thiazole rings is 1. The molecule has 5 nitrogen and oxygen atoms in total. The van der Waals surface area contributed by atoms with Crippen LogP contribution in [0.4, 0.5) is 10.9 Å². The number of nitrogens with two attached hydrogens (primary N) is 1. The Hall–Kier alpha value is -1.30. The van der Waals surface area contributed by atoms with Crippen molar-refractivity contribution >= 4 is 28.2 Å². The van der Waals surface area contributed by atoms with Crippen LogP contribution in [0.15, 0.2) is 0 Å². The number of carbonyl (C=O) groups excluding carboxylic acids is 1. The maximum Gasteiger partial charge on any atom is 0.267 e. The maximum atomic E-state index is 12.5. The fraction of sp³-hybridized carbons (Fsp3) is 0.714. The average molecular weight is 296 g/mol. The van der Waals surface area contributed by atoms with E-state index in [1.54, 1.807) is 0 Å². The summed E-state index contributed by atoms with van der Waals surface area (Å²) in [5.41, 5.74) is 5.92. The molecule has 2 rings (SSSR count). The van der Waals surface area contributed by atoms with Crippen molar-refractivity contribution in [3.05, 3.63) is 4.88 Å². The zero-order valence-electron chi connectivity index (χ0n) is 12.6. The van der Waals surface area contributed by atoms with Gasteiger partial charge in [-0.3, -0.25) is 4.79 Å². The first-order valence-corrected chi connectivity index (χ1v) is 8.15. The smallest absolute Gasteiger partial charge is 0.267 e. The Labute approximate surface area is 124 Å². The highest BCUT2D eigenvalue weighted by Gasteiger charge is 2.29. The van der Waals surface area contributed by atoms with Crippen LogP contribution in [-0.4, -0.2) is 42.5 Å². The minimum atomic E-state index is 0.0503. The molecule has 1 aliphatic heterocycles. The number of nitrogens with zero attached hydrogens (tertiary/aromatic N) is 3. The molecule has 0 aliphatic carbocycles. The summed E-state index contributed by atoms with van der Waals surface area (Å²) in [4.78, 5) is 21.4. The van der Waals surface area contributed by atoms with E-state index in [1.807, 2.05) is 16.8 Å². The third-order valence-electron chi connectivity index (χ3n) is 3.91. The summed E-state index contributed by atoms with van der Waals surface area (Å²) in [6, 6.07) is 0. The summed E-state index contributed by atoms with van der Waals surface area (Å²) in [5.74, 6) is 1.07. The van der Waals surface area contributed by atoms with Gasteiger partial charge in [0.1, 0.15) is 10.7 Å². The van der Waals surface area contributed by atoms with Crippen LogP contribution >= 0.6 is 11.3 Å². The molecule has 1 aromatic rings. The van der Waals surface area contributed by atoms with Gasteiger partial charge in [0.2, 0.25) is 0 Å². The third-order valence-corrected chi connectivity index (χ3v) is 5.08. The molecule has 1 unspecified atom stereocenters. The average Bonchev–Trinajstić information content (AvgIpc) is 3.04. The Balaban J connectivity index is 2.08. The fourth-order valence-corrected chi connectivity index (χ4v) is 3.55. The van der Waals surface area contributed by atoms with Gasteiger partial charge in [-0.1, -0.05) is 24.7 Å². The van der Waals surface area contributed by atoms with E-state index < -0.39 is 0 Å². The number of nitrogen functional groups attached to an aromatic ring is 1. The van der Waals surface area contributed by atoms with Crippen LogP contribution in [0.3, 0.4) is 0 Å². The van der Waals surface area contributed by atoms with Crippen molar-refractivity contribution in [1.29, 1.82) is 0 Å². The molecule has 0 bridgehead atoms. The van der Waals surface area contributed by atoms with E-state index in [2.05, 4.69) is 18.8 Å². The van der Waals surface area contributed by atoms with Gasteiger partial charge in [0.15, 0.2) is 5.13 Å². The van der Waals surface area contributed by atoms with Gasteiger partial charge in [0.25, 0.3) is 5.91 Å². The Bertz CT molecular complexity index is 474. The highest BCUT2D eigenvalue weighted by atomic mass is 32.1. The summed E-state index contributed by atoms with van der Waals surface area (Å²) in [6.07, 6.45) is 3.49. The largest absolute Gasteiger partial charge is 0.382 e. The number of amides is 1.